The lowest BCUT2D eigenvalue weighted by Crippen LogP contribution is -2.39. The standard InChI is InChI=1S/C14H27N5O/c1-5-18(6-2)7-8-19-10-12(9-16-19)17-14(20)13(15)11(3)4/h9-11,13H,5-8,15H2,1-4H3,(H,17,20)/t13-/m0/s1. The van der Waals surface area contributed by atoms with Crippen molar-refractivity contribution in [3.63, 3.8) is 0 Å². The van der Waals surface area contributed by atoms with Crippen LogP contribution in [0.25, 0.3) is 0 Å². The van der Waals surface area contributed by atoms with Crippen LogP contribution in [0.2, 0.25) is 0 Å². The van der Waals surface area contributed by atoms with Gasteiger partial charge in [-0.05, 0) is 19.0 Å². The highest BCUT2D eigenvalue weighted by Gasteiger charge is 2.17. The molecule has 0 fully saturated rings. The first kappa shape index (κ1) is 16.7. The summed E-state index contributed by atoms with van der Waals surface area (Å²) in [6.45, 7) is 12.0. The zero-order valence-electron chi connectivity index (χ0n) is 13.0. The molecule has 0 bridgehead atoms. The van der Waals surface area contributed by atoms with Crippen molar-refractivity contribution in [2.75, 3.05) is 25.0 Å². The highest BCUT2D eigenvalue weighted by atomic mass is 16.2. The summed E-state index contributed by atoms with van der Waals surface area (Å²) in [6, 6.07) is -0.492. The topological polar surface area (TPSA) is 76.2 Å². The maximum Gasteiger partial charge on any atom is 0.241 e. The maximum atomic E-state index is 11.8. The minimum absolute atomic E-state index is 0.118. The van der Waals surface area contributed by atoms with E-state index in [4.69, 9.17) is 5.73 Å². The Balaban J connectivity index is 2.49. The van der Waals surface area contributed by atoms with Crippen LogP contribution in [0, 0.1) is 5.92 Å². The Morgan fingerprint density at radius 2 is 2.10 bits per heavy atom. The summed E-state index contributed by atoms with van der Waals surface area (Å²) < 4.78 is 1.84. The number of likely N-dealkylation sites (N-methyl/N-ethyl adjacent to an activating group) is 1. The fourth-order valence-corrected chi connectivity index (χ4v) is 1.86. The largest absolute Gasteiger partial charge is 0.322 e. The highest BCUT2D eigenvalue weighted by Crippen LogP contribution is 2.07. The predicted octanol–water partition coefficient (Wildman–Crippen LogP) is 1.15. The molecule has 114 valence electrons. The van der Waals surface area contributed by atoms with Crippen molar-refractivity contribution in [2.45, 2.75) is 40.3 Å². The molecule has 1 aromatic rings. The molecule has 0 aliphatic rings. The lowest BCUT2D eigenvalue weighted by atomic mass is 10.1. The van der Waals surface area contributed by atoms with Gasteiger partial charge in [0, 0.05) is 12.7 Å². The third-order valence-electron chi connectivity index (χ3n) is 3.46. The molecule has 6 nitrogen and oxygen atoms in total. The fourth-order valence-electron chi connectivity index (χ4n) is 1.86. The molecule has 6 heteroatoms. The van der Waals surface area contributed by atoms with Crippen molar-refractivity contribution < 1.29 is 4.79 Å². The lowest BCUT2D eigenvalue weighted by molar-refractivity contribution is -0.118. The van der Waals surface area contributed by atoms with Gasteiger partial charge in [-0.15, -0.1) is 0 Å². The molecule has 1 atom stereocenters. The van der Waals surface area contributed by atoms with Gasteiger partial charge in [-0.3, -0.25) is 9.48 Å². The molecular formula is C14H27N5O. The van der Waals surface area contributed by atoms with Crippen LogP contribution < -0.4 is 11.1 Å². The van der Waals surface area contributed by atoms with Gasteiger partial charge in [-0.2, -0.15) is 5.10 Å². The van der Waals surface area contributed by atoms with E-state index in [1.54, 1.807) is 6.20 Å². The molecule has 3 N–H and O–H groups in total. The third kappa shape index (κ3) is 4.94. The minimum atomic E-state index is -0.492. The van der Waals surface area contributed by atoms with Gasteiger partial charge in [0.1, 0.15) is 0 Å². The zero-order valence-corrected chi connectivity index (χ0v) is 13.0. The van der Waals surface area contributed by atoms with Crippen LogP contribution in [-0.2, 0) is 11.3 Å². The number of rotatable bonds is 8. The number of nitrogens with one attached hydrogen (secondary N) is 1. The normalized spacial score (nSPS) is 12.9. The second kappa shape index (κ2) is 8.01. The molecule has 1 aromatic heterocycles. The predicted molar refractivity (Wildman–Crippen MR) is 81.5 cm³/mol. The number of hydrogen-bond acceptors (Lipinski definition) is 4. The molecule has 0 spiro atoms. The van der Waals surface area contributed by atoms with E-state index in [-0.39, 0.29) is 11.8 Å². The Hall–Kier alpha value is -1.40. The summed E-state index contributed by atoms with van der Waals surface area (Å²) in [6.07, 6.45) is 3.50. The van der Waals surface area contributed by atoms with Crippen molar-refractivity contribution in [3.8, 4) is 0 Å². The van der Waals surface area contributed by atoms with Gasteiger partial charge in [-0.1, -0.05) is 27.7 Å². The number of anilines is 1. The van der Waals surface area contributed by atoms with Crippen molar-refractivity contribution in [1.82, 2.24) is 14.7 Å². The molecular weight excluding hydrogens is 254 g/mol. The second-order valence-electron chi connectivity index (χ2n) is 5.28. The van der Waals surface area contributed by atoms with E-state index in [0.29, 0.717) is 5.69 Å². The summed E-state index contributed by atoms with van der Waals surface area (Å²) in [4.78, 5) is 14.2. The molecule has 0 radical (unpaired) electrons. The number of amides is 1. The highest BCUT2D eigenvalue weighted by molar-refractivity contribution is 5.94. The maximum absolute atomic E-state index is 11.8. The first-order valence-corrected chi connectivity index (χ1v) is 7.29. The van der Waals surface area contributed by atoms with Crippen LogP contribution in [0.15, 0.2) is 12.4 Å². The Morgan fingerprint density at radius 1 is 1.45 bits per heavy atom. The van der Waals surface area contributed by atoms with Crippen LogP contribution in [-0.4, -0.2) is 46.3 Å². The van der Waals surface area contributed by atoms with E-state index in [0.717, 1.165) is 26.2 Å². The van der Waals surface area contributed by atoms with Crippen molar-refractivity contribution in [2.24, 2.45) is 11.7 Å². The van der Waals surface area contributed by atoms with Crippen molar-refractivity contribution >= 4 is 11.6 Å². The molecule has 1 heterocycles. The average Bonchev–Trinajstić information content (AvgIpc) is 2.86. The summed E-state index contributed by atoms with van der Waals surface area (Å²) in [5.41, 5.74) is 6.50. The van der Waals surface area contributed by atoms with Crippen LogP contribution in [0.1, 0.15) is 27.7 Å². The van der Waals surface area contributed by atoms with Gasteiger partial charge < -0.3 is 16.0 Å². The van der Waals surface area contributed by atoms with Gasteiger partial charge in [0.2, 0.25) is 5.91 Å². The van der Waals surface area contributed by atoms with Crippen LogP contribution >= 0.6 is 0 Å². The van der Waals surface area contributed by atoms with Gasteiger partial charge in [0.05, 0.1) is 24.5 Å². The quantitative estimate of drug-likeness (QED) is 0.749. The lowest BCUT2D eigenvalue weighted by Gasteiger charge is -2.17. The summed E-state index contributed by atoms with van der Waals surface area (Å²) in [5.74, 6) is -0.0454. The molecule has 1 amide bonds. The second-order valence-corrected chi connectivity index (χ2v) is 5.28. The third-order valence-corrected chi connectivity index (χ3v) is 3.46. The summed E-state index contributed by atoms with van der Waals surface area (Å²) in [5, 5.41) is 7.05. The number of carbonyl (C=O) groups excluding carboxylic acids is 1. The molecule has 0 saturated heterocycles. The Labute approximate surface area is 121 Å². The molecule has 0 aliphatic carbocycles. The molecule has 0 saturated carbocycles. The average molecular weight is 281 g/mol. The molecule has 20 heavy (non-hydrogen) atoms. The minimum Gasteiger partial charge on any atom is -0.322 e. The van der Waals surface area contributed by atoms with E-state index in [1.165, 1.54) is 0 Å². The van der Waals surface area contributed by atoms with Gasteiger partial charge in [-0.25, -0.2) is 0 Å². The number of nitrogens with zero attached hydrogens (tertiary/aromatic N) is 3. The Kier molecular flexibility index (Phi) is 6.67. The number of aromatic nitrogens is 2. The monoisotopic (exact) mass is 281 g/mol. The number of hydrogen-bond donors (Lipinski definition) is 2. The van der Waals surface area contributed by atoms with E-state index in [9.17, 15) is 4.79 Å². The molecule has 0 aromatic carbocycles. The first-order valence-electron chi connectivity index (χ1n) is 7.29. The van der Waals surface area contributed by atoms with Crippen molar-refractivity contribution in [1.29, 1.82) is 0 Å². The van der Waals surface area contributed by atoms with Crippen LogP contribution in [0.5, 0.6) is 0 Å². The number of carbonyl (C=O) groups is 1. The van der Waals surface area contributed by atoms with Crippen molar-refractivity contribution in [3.05, 3.63) is 12.4 Å². The van der Waals surface area contributed by atoms with Crippen LogP contribution in [0.3, 0.4) is 0 Å². The van der Waals surface area contributed by atoms with E-state index < -0.39 is 6.04 Å². The zero-order chi connectivity index (χ0) is 15.1. The molecule has 1 rings (SSSR count). The van der Waals surface area contributed by atoms with Gasteiger partial charge in [0.15, 0.2) is 0 Å². The molecule has 0 unspecified atom stereocenters. The Morgan fingerprint density at radius 3 is 2.65 bits per heavy atom. The SMILES string of the molecule is CCN(CC)CCn1cc(NC(=O)[C@@H](N)C(C)C)cn1. The van der Waals surface area contributed by atoms with E-state index >= 15 is 0 Å². The van der Waals surface area contributed by atoms with E-state index in [1.807, 2.05) is 24.7 Å². The van der Waals surface area contributed by atoms with Gasteiger partial charge >= 0.3 is 0 Å². The van der Waals surface area contributed by atoms with Gasteiger partial charge in [0.25, 0.3) is 0 Å². The Bertz CT molecular complexity index is 411. The number of nitrogens with two attached hydrogens (primary N) is 1. The summed E-state index contributed by atoms with van der Waals surface area (Å²) >= 11 is 0. The van der Waals surface area contributed by atoms with Crippen LogP contribution in [0.4, 0.5) is 5.69 Å². The fraction of sp³-hybridized carbons (Fsp3) is 0.714. The smallest absolute Gasteiger partial charge is 0.241 e. The molecule has 0 aliphatic heterocycles. The summed E-state index contributed by atoms with van der Waals surface area (Å²) in [7, 11) is 0. The van der Waals surface area contributed by atoms with E-state index in [2.05, 4.69) is 29.2 Å². The first-order chi connectivity index (χ1) is 9.47.